The van der Waals surface area contributed by atoms with Crippen molar-refractivity contribution in [3.8, 4) is 0 Å². The molecule has 0 aromatic carbocycles. The molecule has 1 rings (SSSR count). The van der Waals surface area contributed by atoms with E-state index >= 15 is 0 Å². The van der Waals surface area contributed by atoms with Crippen molar-refractivity contribution < 1.29 is 0 Å². The molecular formula is C9H16N2S. The molecule has 0 aromatic rings. The molecular weight excluding hydrogens is 168 g/mol. The number of rotatable bonds is 2. The standard InChI is InChI=1S/C9H16N2S/c1-4-10-7-6-8(3)11(5-2)9(10)12/h6-8H,4-5H2,1-3H3. The van der Waals surface area contributed by atoms with Gasteiger partial charge in [-0.3, -0.25) is 0 Å². The van der Waals surface area contributed by atoms with Crippen LogP contribution in [-0.2, 0) is 0 Å². The molecule has 1 heterocycles. The zero-order valence-electron chi connectivity index (χ0n) is 7.95. The van der Waals surface area contributed by atoms with Crippen molar-refractivity contribution in [1.82, 2.24) is 9.80 Å². The second-order valence-corrected chi connectivity index (χ2v) is 3.30. The van der Waals surface area contributed by atoms with Crippen LogP contribution in [0.15, 0.2) is 12.3 Å². The van der Waals surface area contributed by atoms with Gasteiger partial charge in [-0.1, -0.05) is 0 Å². The molecule has 0 aromatic heterocycles. The Bertz CT molecular complexity index is 201. The van der Waals surface area contributed by atoms with Gasteiger partial charge in [-0.25, -0.2) is 0 Å². The average molecular weight is 184 g/mol. The minimum absolute atomic E-state index is 0.449. The molecule has 0 amide bonds. The Morgan fingerprint density at radius 1 is 1.42 bits per heavy atom. The van der Waals surface area contributed by atoms with Crippen molar-refractivity contribution in [1.29, 1.82) is 0 Å². The number of hydrogen-bond acceptors (Lipinski definition) is 1. The van der Waals surface area contributed by atoms with Crippen molar-refractivity contribution in [2.75, 3.05) is 13.1 Å². The molecule has 0 N–H and O–H groups in total. The van der Waals surface area contributed by atoms with Crippen molar-refractivity contribution >= 4 is 17.3 Å². The summed E-state index contributed by atoms with van der Waals surface area (Å²) in [5, 5.41) is 0.954. The fourth-order valence-electron chi connectivity index (χ4n) is 1.40. The Morgan fingerprint density at radius 2 is 2.08 bits per heavy atom. The maximum Gasteiger partial charge on any atom is 0.176 e. The summed E-state index contributed by atoms with van der Waals surface area (Å²) in [7, 11) is 0. The molecule has 1 aliphatic heterocycles. The van der Waals surface area contributed by atoms with Gasteiger partial charge in [0.1, 0.15) is 0 Å². The first-order valence-corrected chi connectivity index (χ1v) is 4.87. The SMILES string of the molecule is CCN1C=CC(C)N(CC)C1=S. The van der Waals surface area contributed by atoms with Crippen LogP contribution in [0.3, 0.4) is 0 Å². The van der Waals surface area contributed by atoms with Crippen LogP contribution in [0.5, 0.6) is 0 Å². The van der Waals surface area contributed by atoms with E-state index in [-0.39, 0.29) is 0 Å². The van der Waals surface area contributed by atoms with E-state index in [0.717, 1.165) is 18.2 Å². The third kappa shape index (κ3) is 1.61. The summed E-state index contributed by atoms with van der Waals surface area (Å²) in [6, 6.07) is 0.449. The van der Waals surface area contributed by atoms with Gasteiger partial charge in [0.2, 0.25) is 0 Å². The van der Waals surface area contributed by atoms with Crippen LogP contribution in [-0.4, -0.2) is 34.0 Å². The normalized spacial score (nSPS) is 23.6. The highest BCUT2D eigenvalue weighted by molar-refractivity contribution is 7.80. The summed E-state index contributed by atoms with van der Waals surface area (Å²) < 4.78 is 0. The van der Waals surface area contributed by atoms with Crippen molar-refractivity contribution in [2.24, 2.45) is 0 Å². The molecule has 0 aliphatic carbocycles. The van der Waals surface area contributed by atoms with E-state index in [2.05, 4.69) is 42.8 Å². The van der Waals surface area contributed by atoms with Gasteiger partial charge in [-0.05, 0) is 39.1 Å². The van der Waals surface area contributed by atoms with E-state index < -0.39 is 0 Å². The van der Waals surface area contributed by atoms with Gasteiger partial charge in [0.15, 0.2) is 5.11 Å². The quantitative estimate of drug-likeness (QED) is 0.605. The van der Waals surface area contributed by atoms with E-state index in [4.69, 9.17) is 12.2 Å². The molecule has 1 atom stereocenters. The minimum Gasteiger partial charge on any atom is -0.343 e. The molecule has 1 unspecified atom stereocenters. The molecule has 0 saturated carbocycles. The molecule has 0 spiro atoms. The maximum absolute atomic E-state index is 5.32. The van der Waals surface area contributed by atoms with Gasteiger partial charge in [-0.2, -0.15) is 0 Å². The van der Waals surface area contributed by atoms with Gasteiger partial charge in [0.05, 0.1) is 0 Å². The summed E-state index contributed by atoms with van der Waals surface area (Å²) in [5.74, 6) is 0. The average Bonchev–Trinajstić information content (AvgIpc) is 2.06. The number of nitrogens with zero attached hydrogens (tertiary/aromatic N) is 2. The van der Waals surface area contributed by atoms with Crippen LogP contribution in [0.1, 0.15) is 20.8 Å². The number of hydrogen-bond donors (Lipinski definition) is 0. The Hall–Kier alpha value is -0.570. The highest BCUT2D eigenvalue weighted by atomic mass is 32.1. The second kappa shape index (κ2) is 3.90. The van der Waals surface area contributed by atoms with Crippen molar-refractivity contribution in [2.45, 2.75) is 26.8 Å². The Morgan fingerprint density at radius 3 is 2.58 bits per heavy atom. The predicted molar refractivity (Wildman–Crippen MR) is 56.0 cm³/mol. The summed E-state index contributed by atoms with van der Waals surface area (Å²) in [5.41, 5.74) is 0. The fraction of sp³-hybridized carbons (Fsp3) is 0.667. The monoisotopic (exact) mass is 184 g/mol. The van der Waals surface area contributed by atoms with Gasteiger partial charge in [-0.15, -0.1) is 0 Å². The summed E-state index contributed by atoms with van der Waals surface area (Å²) >= 11 is 5.32. The smallest absolute Gasteiger partial charge is 0.176 e. The topological polar surface area (TPSA) is 6.48 Å². The lowest BCUT2D eigenvalue weighted by Gasteiger charge is -2.37. The van der Waals surface area contributed by atoms with E-state index in [0.29, 0.717) is 6.04 Å². The van der Waals surface area contributed by atoms with Crippen molar-refractivity contribution in [3.63, 3.8) is 0 Å². The second-order valence-electron chi connectivity index (χ2n) is 2.94. The Balaban J connectivity index is 2.77. The van der Waals surface area contributed by atoms with Crippen LogP contribution in [0.25, 0.3) is 0 Å². The largest absolute Gasteiger partial charge is 0.343 e. The van der Waals surface area contributed by atoms with Crippen molar-refractivity contribution in [3.05, 3.63) is 12.3 Å². The number of thiocarbonyl (C=S) groups is 1. The first kappa shape index (κ1) is 9.52. The van der Waals surface area contributed by atoms with Gasteiger partial charge < -0.3 is 9.80 Å². The Labute approximate surface area is 79.8 Å². The van der Waals surface area contributed by atoms with Crippen LogP contribution in [0.4, 0.5) is 0 Å². The molecule has 2 nitrogen and oxygen atoms in total. The summed E-state index contributed by atoms with van der Waals surface area (Å²) in [6.07, 6.45) is 4.27. The van der Waals surface area contributed by atoms with E-state index in [1.165, 1.54) is 0 Å². The van der Waals surface area contributed by atoms with Crippen LogP contribution in [0.2, 0.25) is 0 Å². The summed E-state index contributed by atoms with van der Waals surface area (Å²) in [6.45, 7) is 8.36. The predicted octanol–water partition coefficient (Wildman–Crippen LogP) is 1.83. The lowest BCUT2D eigenvalue weighted by molar-refractivity contribution is 0.334. The van der Waals surface area contributed by atoms with E-state index in [1.807, 2.05) is 0 Å². The van der Waals surface area contributed by atoms with E-state index in [1.54, 1.807) is 0 Å². The molecule has 68 valence electrons. The molecule has 0 saturated heterocycles. The molecule has 1 aliphatic rings. The molecule has 0 radical (unpaired) electrons. The first-order valence-electron chi connectivity index (χ1n) is 4.46. The van der Waals surface area contributed by atoms with Crippen LogP contribution >= 0.6 is 12.2 Å². The minimum atomic E-state index is 0.449. The van der Waals surface area contributed by atoms with Crippen LogP contribution in [0, 0.1) is 0 Å². The zero-order chi connectivity index (χ0) is 9.14. The highest BCUT2D eigenvalue weighted by Crippen LogP contribution is 2.12. The maximum atomic E-state index is 5.32. The van der Waals surface area contributed by atoms with Gasteiger partial charge >= 0.3 is 0 Å². The van der Waals surface area contributed by atoms with Gasteiger partial charge in [0, 0.05) is 25.3 Å². The Kier molecular flexibility index (Phi) is 3.09. The third-order valence-electron chi connectivity index (χ3n) is 2.21. The van der Waals surface area contributed by atoms with Gasteiger partial charge in [0.25, 0.3) is 0 Å². The lowest BCUT2D eigenvalue weighted by atomic mass is 10.2. The molecule has 0 bridgehead atoms. The van der Waals surface area contributed by atoms with Crippen LogP contribution < -0.4 is 0 Å². The summed E-state index contributed by atoms with van der Waals surface area (Å²) in [4.78, 5) is 4.32. The fourth-order valence-corrected chi connectivity index (χ4v) is 1.88. The highest BCUT2D eigenvalue weighted by Gasteiger charge is 2.20. The molecule has 12 heavy (non-hydrogen) atoms. The van der Waals surface area contributed by atoms with E-state index in [9.17, 15) is 0 Å². The number of likely N-dealkylation sites (N-methyl/N-ethyl adjacent to an activating group) is 1. The molecule has 3 heteroatoms. The third-order valence-corrected chi connectivity index (χ3v) is 2.68. The molecule has 0 fully saturated rings. The lowest BCUT2D eigenvalue weighted by Crippen LogP contribution is -2.47. The zero-order valence-corrected chi connectivity index (χ0v) is 8.77. The first-order chi connectivity index (χ1) is 5.70.